The third kappa shape index (κ3) is 5.30. The number of guanidine groups is 1. The first kappa shape index (κ1) is 22.1. The molecule has 0 amide bonds. The van der Waals surface area contributed by atoms with Gasteiger partial charge in [0.15, 0.2) is 5.96 Å². The molecule has 0 aliphatic carbocycles. The fourth-order valence-corrected chi connectivity index (χ4v) is 3.95. The van der Waals surface area contributed by atoms with Crippen molar-refractivity contribution in [2.75, 3.05) is 45.2 Å². The average molecular weight is 413 g/mol. The van der Waals surface area contributed by atoms with Gasteiger partial charge in [0.25, 0.3) is 0 Å². The van der Waals surface area contributed by atoms with Gasteiger partial charge in [-0.2, -0.15) is 5.10 Å². The summed E-state index contributed by atoms with van der Waals surface area (Å²) in [7, 11) is 5.98. The Morgan fingerprint density at radius 1 is 1.20 bits per heavy atom. The van der Waals surface area contributed by atoms with Crippen molar-refractivity contribution >= 4 is 11.8 Å². The topological polar surface area (TPSA) is 73.6 Å². The summed E-state index contributed by atoms with van der Waals surface area (Å²) in [5, 5.41) is 11.5. The van der Waals surface area contributed by atoms with Crippen molar-refractivity contribution in [3.8, 4) is 0 Å². The molecule has 2 aromatic heterocycles. The predicted octanol–water partition coefficient (Wildman–Crippen LogP) is 1.48. The van der Waals surface area contributed by atoms with E-state index in [0.29, 0.717) is 6.54 Å². The third-order valence-corrected chi connectivity index (χ3v) is 5.89. The minimum absolute atomic E-state index is 0.240. The molecule has 2 aromatic rings. The van der Waals surface area contributed by atoms with E-state index >= 15 is 0 Å². The van der Waals surface area contributed by atoms with Gasteiger partial charge in [0.2, 0.25) is 0 Å². The number of hydrogen-bond donors (Lipinski definition) is 2. The zero-order valence-corrected chi connectivity index (χ0v) is 19.2. The summed E-state index contributed by atoms with van der Waals surface area (Å²) in [6.07, 6.45) is 2.79. The van der Waals surface area contributed by atoms with E-state index in [-0.39, 0.29) is 6.04 Å². The smallest absolute Gasteiger partial charge is 0.191 e. The third-order valence-electron chi connectivity index (χ3n) is 5.89. The zero-order chi connectivity index (χ0) is 21.7. The average Bonchev–Trinajstić information content (AvgIpc) is 2.98. The standard InChI is InChI=1S/C22H36N8/c1-16(14-20-17(2)27-29(6)18(20)3)26-22(23-4)25-15-19-8-7-9-24-21(19)30-12-10-28(5)11-13-30/h7-9,16H,10-15H2,1-6H3,(H2,23,25,26). The number of aryl methyl sites for hydroxylation is 2. The fourth-order valence-electron chi connectivity index (χ4n) is 3.95. The molecule has 164 valence electrons. The number of pyridine rings is 1. The molecule has 1 atom stereocenters. The number of likely N-dealkylation sites (N-methyl/N-ethyl adjacent to an activating group) is 1. The number of aliphatic imine (C=N–C) groups is 1. The maximum atomic E-state index is 4.67. The Balaban J connectivity index is 1.59. The summed E-state index contributed by atoms with van der Waals surface area (Å²) < 4.78 is 1.95. The number of piperazine rings is 1. The molecule has 0 aromatic carbocycles. The van der Waals surface area contributed by atoms with Crippen LogP contribution in [-0.4, -0.2) is 71.9 Å². The van der Waals surface area contributed by atoms with Gasteiger partial charge in [-0.25, -0.2) is 4.98 Å². The van der Waals surface area contributed by atoms with E-state index in [1.54, 1.807) is 0 Å². The lowest BCUT2D eigenvalue weighted by atomic mass is 10.1. The molecule has 2 N–H and O–H groups in total. The van der Waals surface area contributed by atoms with Crippen molar-refractivity contribution in [1.29, 1.82) is 0 Å². The lowest BCUT2D eigenvalue weighted by molar-refractivity contribution is 0.312. The molecule has 0 saturated carbocycles. The van der Waals surface area contributed by atoms with Gasteiger partial charge >= 0.3 is 0 Å². The van der Waals surface area contributed by atoms with Gasteiger partial charge in [-0.15, -0.1) is 0 Å². The van der Waals surface area contributed by atoms with Crippen molar-refractivity contribution < 1.29 is 0 Å². The molecule has 1 aliphatic heterocycles. The first-order chi connectivity index (χ1) is 14.4. The molecular formula is C22H36N8. The molecule has 3 heterocycles. The number of hydrogen-bond acceptors (Lipinski definition) is 5. The number of aromatic nitrogens is 3. The van der Waals surface area contributed by atoms with Gasteiger partial charge in [0, 0.05) is 70.3 Å². The van der Waals surface area contributed by atoms with Crippen LogP contribution in [0.5, 0.6) is 0 Å². The van der Waals surface area contributed by atoms with E-state index < -0.39 is 0 Å². The van der Waals surface area contributed by atoms with Crippen LogP contribution in [-0.2, 0) is 20.0 Å². The molecule has 1 unspecified atom stereocenters. The van der Waals surface area contributed by atoms with Crippen molar-refractivity contribution in [3.05, 3.63) is 40.8 Å². The van der Waals surface area contributed by atoms with Crippen molar-refractivity contribution in [2.45, 2.75) is 39.8 Å². The van der Waals surface area contributed by atoms with Gasteiger partial charge in [-0.1, -0.05) is 6.07 Å². The molecular weight excluding hydrogens is 376 g/mol. The van der Waals surface area contributed by atoms with Crippen LogP contribution in [0.2, 0.25) is 0 Å². The van der Waals surface area contributed by atoms with Crippen molar-refractivity contribution in [2.24, 2.45) is 12.0 Å². The van der Waals surface area contributed by atoms with E-state index in [1.807, 2.05) is 31.0 Å². The summed E-state index contributed by atoms with van der Waals surface area (Å²) in [5.41, 5.74) is 4.81. The summed E-state index contributed by atoms with van der Waals surface area (Å²) in [6, 6.07) is 4.39. The van der Waals surface area contributed by atoms with Crippen LogP contribution in [0.1, 0.15) is 29.4 Å². The van der Waals surface area contributed by atoms with Gasteiger partial charge in [0.05, 0.1) is 5.69 Å². The maximum Gasteiger partial charge on any atom is 0.191 e. The van der Waals surface area contributed by atoms with Gasteiger partial charge in [-0.05, 0) is 45.9 Å². The lowest BCUT2D eigenvalue weighted by Gasteiger charge is -2.34. The van der Waals surface area contributed by atoms with Gasteiger partial charge < -0.3 is 20.4 Å². The molecule has 8 heteroatoms. The van der Waals surface area contributed by atoms with Crippen LogP contribution in [0.25, 0.3) is 0 Å². The predicted molar refractivity (Wildman–Crippen MR) is 123 cm³/mol. The summed E-state index contributed by atoms with van der Waals surface area (Å²) >= 11 is 0. The highest BCUT2D eigenvalue weighted by molar-refractivity contribution is 5.80. The van der Waals surface area contributed by atoms with E-state index in [1.165, 1.54) is 16.8 Å². The van der Waals surface area contributed by atoms with E-state index in [4.69, 9.17) is 0 Å². The normalized spacial score (nSPS) is 16.6. The summed E-state index contributed by atoms with van der Waals surface area (Å²) in [4.78, 5) is 13.8. The fraction of sp³-hybridized carbons (Fsp3) is 0.591. The highest BCUT2D eigenvalue weighted by Gasteiger charge is 2.18. The summed E-state index contributed by atoms with van der Waals surface area (Å²) in [5.74, 6) is 1.87. The van der Waals surface area contributed by atoms with Crippen molar-refractivity contribution in [3.63, 3.8) is 0 Å². The molecule has 0 spiro atoms. The molecule has 0 radical (unpaired) electrons. The minimum atomic E-state index is 0.240. The highest BCUT2D eigenvalue weighted by Crippen LogP contribution is 2.18. The Hall–Kier alpha value is -2.61. The van der Waals surface area contributed by atoms with Crippen LogP contribution in [0.4, 0.5) is 5.82 Å². The number of anilines is 1. The minimum Gasteiger partial charge on any atom is -0.354 e. The largest absolute Gasteiger partial charge is 0.354 e. The van der Waals surface area contributed by atoms with Crippen LogP contribution in [0.3, 0.4) is 0 Å². The highest BCUT2D eigenvalue weighted by atomic mass is 15.3. The molecule has 1 saturated heterocycles. The quantitative estimate of drug-likeness (QED) is 0.553. The Kier molecular flexibility index (Phi) is 7.31. The SMILES string of the molecule is CN=C(NCc1cccnc1N1CCN(C)CC1)NC(C)Cc1c(C)nn(C)c1C. The molecule has 30 heavy (non-hydrogen) atoms. The van der Waals surface area contributed by atoms with Crippen molar-refractivity contribution in [1.82, 2.24) is 30.3 Å². The maximum absolute atomic E-state index is 4.67. The van der Waals surface area contributed by atoms with E-state index in [2.05, 4.69) is 69.4 Å². The van der Waals surface area contributed by atoms with Gasteiger partial charge in [-0.3, -0.25) is 9.67 Å². The van der Waals surface area contributed by atoms with Gasteiger partial charge in [0.1, 0.15) is 5.82 Å². The van der Waals surface area contributed by atoms with Crippen LogP contribution < -0.4 is 15.5 Å². The molecule has 8 nitrogen and oxygen atoms in total. The Labute approximate surface area is 180 Å². The first-order valence-corrected chi connectivity index (χ1v) is 10.7. The number of nitrogens with zero attached hydrogens (tertiary/aromatic N) is 6. The Morgan fingerprint density at radius 2 is 1.93 bits per heavy atom. The van der Waals surface area contributed by atoms with Crippen LogP contribution in [0, 0.1) is 13.8 Å². The monoisotopic (exact) mass is 412 g/mol. The first-order valence-electron chi connectivity index (χ1n) is 10.7. The summed E-state index contributed by atoms with van der Waals surface area (Å²) in [6.45, 7) is 11.2. The zero-order valence-electron chi connectivity index (χ0n) is 19.2. The molecule has 1 aliphatic rings. The Bertz CT molecular complexity index is 864. The molecule has 0 bridgehead atoms. The second kappa shape index (κ2) is 9.93. The second-order valence-electron chi connectivity index (χ2n) is 8.22. The Morgan fingerprint density at radius 3 is 2.57 bits per heavy atom. The van der Waals surface area contributed by atoms with Crippen LogP contribution >= 0.6 is 0 Å². The van der Waals surface area contributed by atoms with E-state index in [0.717, 1.165) is 50.1 Å². The number of rotatable bonds is 6. The number of nitrogens with one attached hydrogen (secondary N) is 2. The molecule has 1 fully saturated rings. The molecule has 3 rings (SSSR count). The lowest BCUT2D eigenvalue weighted by Crippen LogP contribution is -2.46. The van der Waals surface area contributed by atoms with Crippen LogP contribution in [0.15, 0.2) is 23.3 Å². The van der Waals surface area contributed by atoms with E-state index in [9.17, 15) is 0 Å². The second-order valence-corrected chi connectivity index (χ2v) is 8.22.